The van der Waals surface area contributed by atoms with Crippen molar-refractivity contribution >= 4 is 37.6 Å². The van der Waals surface area contributed by atoms with Crippen molar-refractivity contribution in [3.8, 4) is 0 Å². The standard InChI is InChI=1S/C33H40N2O3S/c1-8-9-12-24-29(16-15-28-30(24)31(33(34)36)23-13-10-11-14-27(23)35-28)39(37,38)32-25(20(4)5)17-22(19(2)3)18-26(32)21(6)7/h10-11,13-21H,8-9,12H2,1-7H3,(H2,34,36). The van der Waals surface area contributed by atoms with Gasteiger partial charge in [-0.15, -0.1) is 0 Å². The molecule has 39 heavy (non-hydrogen) atoms. The fourth-order valence-electron chi connectivity index (χ4n) is 5.45. The molecule has 0 saturated carbocycles. The number of unbranched alkanes of at least 4 members (excludes halogenated alkanes) is 1. The number of hydrogen-bond acceptors (Lipinski definition) is 4. The zero-order chi connectivity index (χ0) is 28.6. The number of hydrogen-bond donors (Lipinski definition) is 1. The first-order valence-corrected chi connectivity index (χ1v) is 15.4. The topological polar surface area (TPSA) is 90.1 Å². The van der Waals surface area contributed by atoms with E-state index in [0.717, 1.165) is 29.5 Å². The molecule has 1 aromatic heterocycles. The van der Waals surface area contributed by atoms with Crippen molar-refractivity contribution in [2.45, 2.75) is 95.3 Å². The molecule has 5 nitrogen and oxygen atoms in total. The molecular formula is C33H40N2O3S. The van der Waals surface area contributed by atoms with Crippen molar-refractivity contribution < 1.29 is 13.2 Å². The second-order valence-electron chi connectivity index (χ2n) is 11.4. The number of aryl methyl sites for hydroxylation is 1. The summed E-state index contributed by atoms with van der Waals surface area (Å²) in [6.07, 6.45) is 2.15. The van der Waals surface area contributed by atoms with E-state index < -0.39 is 15.7 Å². The van der Waals surface area contributed by atoms with Crippen molar-refractivity contribution in [1.29, 1.82) is 0 Å². The highest BCUT2D eigenvalue weighted by Crippen LogP contribution is 2.41. The lowest BCUT2D eigenvalue weighted by molar-refractivity contribution is 0.100. The summed E-state index contributed by atoms with van der Waals surface area (Å²) in [5, 5.41) is 1.18. The quantitative estimate of drug-likeness (QED) is 0.216. The number of benzene rings is 3. The van der Waals surface area contributed by atoms with Gasteiger partial charge in [0.15, 0.2) is 0 Å². The van der Waals surface area contributed by atoms with Gasteiger partial charge in [0.05, 0.1) is 26.4 Å². The van der Waals surface area contributed by atoms with E-state index in [1.54, 1.807) is 12.1 Å². The van der Waals surface area contributed by atoms with Crippen molar-refractivity contribution in [3.63, 3.8) is 0 Å². The van der Waals surface area contributed by atoms with Gasteiger partial charge in [0.25, 0.3) is 0 Å². The van der Waals surface area contributed by atoms with Crippen LogP contribution in [0.1, 0.15) is 112 Å². The molecule has 4 aromatic rings. The maximum atomic E-state index is 14.8. The van der Waals surface area contributed by atoms with Crippen molar-refractivity contribution in [2.75, 3.05) is 0 Å². The molecule has 0 fully saturated rings. The molecule has 1 amide bonds. The monoisotopic (exact) mass is 544 g/mol. The molecule has 0 saturated heterocycles. The predicted molar refractivity (Wildman–Crippen MR) is 161 cm³/mol. The van der Waals surface area contributed by atoms with Crippen molar-refractivity contribution in [3.05, 3.63) is 76.3 Å². The number of primary amides is 1. The average molecular weight is 545 g/mol. The van der Waals surface area contributed by atoms with Crippen LogP contribution in [0.25, 0.3) is 21.8 Å². The third-order valence-corrected chi connectivity index (χ3v) is 9.55. The Balaban J connectivity index is 2.17. The highest BCUT2D eigenvalue weighted by Gasteiger charge is 2.32. The Morgan fingerprint density at radius 3 is 2.03 bits per heavy atom. The van der Waals surface area contributed by atoms with E-state index in [1.165, 1.54) is 0 Å². The van der Waals surface area contributed by atoms with Crippen LogP contribution in [0.3, 0.4) is 0 Å². The van der Waals surface area contributed by atoms with Gasteiger partial charge in [-0.1, -0.05) is 85.2 Å². The summed E-state index contributed by atoms with van der Waals surface area (Å²) in [5.41, 5.74) is 11.0. The molecule has 206 valence electrons. The number of aromatic nitrogens is 1. The number of nitrogens with two attached hydrogens (primary N) is 1. The molecule has 0 aliphatic rings. The number of nitrogens with zero attached hydrogens (tertiary/aromatic N) is 1. The molecule has 6 heteroatoms. The Bertz CT molecular complexity index is 1640. The van der Waals surface area contributed by atoms with Crippen molar-refractivity contribution in [1.82, 2.24) is 4.98 Å². The smallest absolute Gasteiger partial charge is 0.250 e. The molecule has 0 aliphatic heterocycles. The van der Waals surface area contributed by atoms with Gasteiger partial charge in [-0.2, -0.15) is 0 Å². The highest BCUT2D eigenvalue weighted by molar-refractivity contribution is 7.91. The number of fused-ring (bicyclic) bond motifs is 2. The van der Waals surface area contributed by atoms with E-state index >= 15 is 0 Å². The van der Waals surface area contributed by atoms with E-state index in [4.69, 9.17) is 10.7 Å². The number of carbonyl (C=O) groups excluding carboxylic acids is 1. The summed E-state index contributed by atoms with van der Waals surface area (Å²) in [7, 11) is -3.96. The molecular weight excluding hydrogens is 504 g/mol. The first-order chi connectivity index (χ1) is 18.4. The van der Waals surface area contributed by atoms with E-state index in [-0.39, 0.29) is 22.6 Å². The van der Waals surface area contributed by atoms with Gasteiger partial charge in [-0.3, -0.25) is 4.79 Å². The van der Waals surface area contributed by atoms with Crippen LogP contribution in [0, 0.1) is 0 Å². The van der Waals surface area contributed by atoms with Gasteiger partial charge in [0.1, 0.15) is 0 Å². The van der Waals surface area contributed by atoms with E-state index in [0.29, 0.717) is 44.2 Å². The Hall–Kier alpha value is -3.25. The molecule has 0 bridgehead atoms. The SMILES string of the molecule is CCCCc1c(S(=O)(=O)c2c(C(C)C)cc(C(C)C)cc2C(C)C)ccc2nc3ccccc3c(C(N)=O)c12. The first-order valence-electron chi connectivity index (χ1n) is 14.0. The van der Waals surface area contributed by atoms with E-state index in [9.17, 15) is 13.2 Å². The molecule has 2 N–H and O–H groups in total. The number of para-hydroxylation sites is 1. The van der Waals surface area contributed by atoms with E-state index in [2.05, 4.69) is 32.9 Å². The molecule has 0 atom stereocenters. The third kappa shape index (κ3) is 5.19. The van der Waals surface area contributed by atoms with Gasteiger partial charge in [0, 0.05) is 10.8 Å². The Labute approximate surface area is 232 Å². The molecule has 1 heterocycles. The van der Waals surface area contributed by atoms with Gasteiger partial charge in [-0.25, -0.2) is 13.4 Å². The number of sulfone groups is 1. The number of amides is 1. The minimum Gasteiger partial charge on any atom is -0.366 e. The number of carbonyl (C=O) groups is 1. The van der Waals surface area contributed by atoms with Crippen LogP contribution in [0.4, 0.5) is 0 Å². The summed E-state index contributed by atoms with van der Waals surface area (Å²) in [5.74, 6) is -0.289. The van der Waals surface area contributed by atoms with Gasteiger partial charge < -0.3 is 5.73 Å². The number of pyridine rings is 1. The van der Waals surface area contributed by atoms with Crippen molar-refractivity contribution in [2.24, 2.45) is 5.73 Å². The summed E-state index contributed by atoms with van der Waals surface area (Å²) in [4.78, 5) is 18.4. The van der Waals surface area contributed by atoms with Crippen LogP contribution in [0.5, 0.6) is 0 Å². The zero-order valence-corrected chi connectivity index (χ0v) is 24.9. The van der Waals surface area contributed by atoms with Crippen LogP contribution >= 0.6 is 0 Å². The van der Waals surface area contributed by atoms with Crippen LogP contribution in [0.2, 0.25) is 0 Å². The molecule has 0 radical (unpaired) electrons. The maximum Gasteiger partial charge on any atom is 0.250 e. The summed E-state index contributed by atoms with van der Waals surface area (Å²) < 4.78 is 29.6. The van der Waals surface area contributed by atoms with Crippen LogP contribution in [0.15, 0.2) is 58.3 Å². The lowest BCUT2D eigenvalue weighted by Crippen LogP contribution is -2.17. The fraction of sp³-hybridized carbons (Fsp3) is 0.394. The first kappa shape index (κ1) is 28.8. The molecule has 4 rings (SSSR count). The highest BCUT2D eigenvalue weighted by atomic mass is 32.2. The molecule has 3 aromatic carbocycles. The van der Waals surface area contributed by atoms with Crippen LogP contribution < -0.4 is 5.73 Å². The van der Waals surface area contributed by atoms with Gasteiger partial charge >= 0.3 is 0 Å². The molecule has 0 unspecified atom stereocenters. The third-order valence-electron chi connectivity index (χ3n) is 7.58. The van der Waals surface area contributed by atoms with Gasteiger partial charge in [-0.05, 0) is 71.0 Å². The Morgan fingerprint density at radius 1 is 0.872 bits per heavy atom. The summed E-state index contributed by atoms with van der Waals surface area (Å²) >= 11 is 0. The van der Waals surface area contributed by atoms with Gasteiger partial charge in [0.2, 0.25) is 15.7 Å². The summed E-state index contributed by atoms with van der Waals surface area (Å²) in [6.45, 7) is 14.5. The fourth-order valence-corrected chi connectivity index (χ4v) is 7.66. The maximum absolute atomic E-state index is 14.8. The Morgan fingerprint density at radius 2 is 1.49 bits per heavy atom. The minimum absolute atomic E-state index is 0.0114. The molecule has 0 aliphatic carbocycles. The minimum atomic E-state index is -3.96. The largest absolute Gasteiger partial charge is 0.366 e. The zero-order valence-electron chi connectivity index (χ0n) is 24.1. The lowest BCUT2D eigenvalue weighted by atomic mass is 9.89. The van der Waals surface area contributed by atoms with Crippen LogP contribution in [-0.2, 0) is 16.3 Å². The number of rotatable bonds is 9. The average Bonchev–Trinajstić information content (AvgIpc) is 2.88. The predicted octanol–water partition coefficient (Wildman–Crippen LogP) is 8.03. The Kier molecular flexibility index (Phi) is 8.17. The second kappa shape index (κ2) is 11.1. The molecule has 0 spiro atoms. The normalized spacial score (nSPS) is 12.4. The lowest BCUT2D eigenvalue weighted by Gasteiger charge is -2.24. The van der Waals surface area contributed by atoms with E-state index in [1.807, 2.05) is 52.0 Å². The summed E-state index contributed by atoms with van der Waals surface area (Å²) in [6, 6.07) is 14.9. The second-order valence-corrected chi connectivity index (χ2v) is 13.3. The van der Waals surface area contributed by atoms with Crippen LogP contribution in [-0.4, -0.2) is 19.3 Å².